The van der Waals surface area contributed by atoms with E-state index >= 15 is 0 Å². The first-order chi connectivity index (χ1) is 11.9. The molecular weight excluding hydrogens is 334 g/mol. The highest BCUT2D eigenvalue weighted by atomic mass is 32.2. The Morgan fingerprint density at radius 1 is 1.04 bits per heavy atom. The van der Waals surface area contributed by atoms with Gasteiger partial charge in [0, 0.05) is 11.7 Å². The molecule has 3 rings (SSSR count). The maximum absolute atomic E-state index is 12.5. The fraction of sp³-hybridized carbons (Fsp3) is 0.368. The van der Waals surface area contributed by atoms with E-state index < -0.39 is 10.0 Å². The van der Waals surface area contributed by atoms with Crippen LogP contribution >= 0.6 is 0 Å². The Balaban J connectivity index is 1.75. The average molecular weight is 359 g/mol. The van der Waals surface area contributed by atoms with Gasteiger partial charge in [0.15, 0.2) is 0 Å². The molecule has 134 valence electrons. The standard InChI is InChI=1S/C19H25N3O2S/c1-15-8-9-17(21-25(23,24)18-6-4-3-5-7-18)14-19(15)20-16-10-12-22(2)13-11-16/h3-9,14,16,20-21H,10-13H2,1-2H3. The Morgan fingerprint density at radius 2 is 1.72 bits per heavy atom. The van der Waals surface area contributed by atoms with Gasteiger partial charge in [0.1, 0.15) is 0 Å². The minimum atomic E-state index is -3.57. The topological polar surface area (TPSA) is 61.4 Å². The molecule has 0 spiro atoms. The van der Waals surface area contributed by atoms with Gasteiger partial charge in [-0.3, -0.25) is 4.72 Å². The van der Waals surface area contributed by atoms with Crippen LogP contribution in [0.4, 0.5) is 11.4 Å². The summed E-state index contributed by atoms with van der Waals surface area (Å²) in [5.41, 5.74) is 2.68. The zero-order valence-corrected chi connectivity index (χ0v) is 15.5. The van der Waals surface area contributed by atoms with Crippen LogP contribution in [0.2, 0.25) is 0 Å². The lowest BCUT2D eigenvalue weighted by Gasteiger charge is -2.30. The summed E-state index contributed by atoms with van der Waals surface area (Å²) in [4.78, 5) is 2.59. The monoisotopic (exact) mass is 359 g/mol. The van der Waals surface area contributed by atoms with Crippen LogP contribution in [0.1, 0.15) is 18.4 Å². The Labute approximate surface area is 150 Å². The summed E-state index contributed by atoms with van der Waals surface area (Å²) < 4.78 is 27.6. The number of hydrogen-bond donors (Lipinski definition) is 2. The summed E-state index contributed by atoms with van der Waals surface area (Å²) in [5.74, 6) is 0. The van der Waals surface area contributed by atoms with Gasteiger partial charge in [-0.05, 0) is 69.7 Å². The maximum Gasteiger partial charge on any atom is 0.261 e. The molecule has 25 heavy (non-hydrogen) atoms. The lowest BCUT2D eigenvalue weighted by atomic mass is 10.0. The molecule has 1 aliphatic rings. The summed E-state index contributed by atoms with van der Waals surface area (Å²) >= 11 is 0. The molecule has 0 aromatic heterocycles. The molecule has 1 saturated heterocycles. The SMILES string of the molecule is Cc1ccc(NS(=O)(=O)c2ccccc2)cc1NC1CCN(C)CC1. The molecule has 0 bridgehead atoms. The Hall–Kier alpha value is -2.05. The van der Waals surface area contributed by atoms with Crippen molar-refractivity contribution in [3.05, 3.63) is 54.1 Å². The third-order valence-corrected chi connectivity index (χ3v) is 6.02. The minimum absolute atomic E-state index is 0.264. The van der Waals surface area contributed by atoms with Crippen molar-refractivity contribution >= 4 is 21.4 Å². The first-order valence-electron chi connectivity index (χ1n) is 8.58. The van der Waals surface area contributed by atoms with E-state index in [4.69, 9.17) is 0 Å². The van der Waals surface area contributed by atoms with Crippen molar-refractivity contribution in [2.45, 2.75) is 30.7 Å². The summed E-state index contributed by atoms with van der Waals surface area (Å²) in [6.07, 6.45) is 2.19. The van der Waals surface area contributed by atoms with Crippen molar-refractivity contribution in [1.29, 1.82) is 0 Å². The van der Waals surface area contributed by atoms with Gasteiger partial charge in [-0.1, -0.05) is 24.3 Å². The number of aryl methyl sites for hydroxylation is 1. The largest absolute Gasteiger partial charge is 0.382 e. The van der Waals surface area contributed by atoms with Crippen molar-refractivity contribution in [3.63, 3.8) is 0 Å². The maximum atomic E-state index is 12.5. The second-order valence-electron chi connectivity index (χ2n) is 6.67. The molecule has 0 aliphatic carbocycles. The summed E-state index contributed by atoms with van der Waals surface area (Å²) in [6, 6.07) is 14.5. The number of sulfonamides is 1. The van der Waals surface area contributed by atoms with Crippen LogP contribution in [0.5, 0.6) is 0 Å². The molecule has 0 amide bonds. The number of piperidine rings is 1. The van der Waals surface area contributed by atoms with E-state index in [9.17, 15) is 8.42 Å². The van der Waals surface area contributed by atoms with Gasteiger partial charge in [-0.2, -0.15) is 0 Å². The van der Waals surface area contributed by atoms with Crippen LogP contribution in [0.15, 0.2) is 53.4 Å². The quantitative estimate of drug-likeness (QED) is 0.860. The molecule has 0 unspecified atom stereocenters. The number of anilines is 2. The van der Waals surface area contributed by atoms with Crippen LogP contribution in [-0.4, -0.2) is 39.5 Å². The van der Waals surface area contributed by atoms with Crippen molar-refractivity contribution in [3.8, 4) is 0 Å². The molecule has 2 aromatic rings. The fourth-order valence-electron chi connectivity index (χ4n) is 3.03. The van der Waals surface area contributed by atoms with Crippen molar-refractivity contribution in [1.82, 2.24) is 4.90 Å². The molecule has 1 fully saturated rings. The van der Waals surface area contributed by atoms with Crippen LogP contribution in [0.3, 0.4) is 0 Å². The van der Waals surface area contributed by atoms with Crippen LogP contribution in [0, 0.1) is 6.92 Å². The normalized spacial score (nSPS) is 16.6. The molecule has 6 heteroatoms. The molecule has 2 N–H and O–H groups in total. The van der Waals surface area contributed by atoms with E-state index in [1.807, 2.05) is 19.1 Å². The van der Waals surface area contributed by atoms with Gasteiger partial charge in [0.25, 0.3) is 10.0 Å². The Kier molecular flexibility index (Phi) is 5.30. The van der Waals surface area contributed by atoms with E-state index in [1.54, 1.807) is 36.4 Å². The lowest BCUT2D eigenvalue weighted by Crippen LogP contribution is -2.36. The summed E-state index contributed by atoms with van der Waals surface area (Å²) in [7, 11) is -1.43. The Bertz CT molecular complexity index is 814. The third-order valence-electron chi connectivity index (χ3n) is 4.62. The minimum Gasteiger partial charge on any atom is -0.382 e. The van der Waals surface area contributed by atoms with E-state index in [0.29, 0.717) is 11.7 Å². The third kappa shape index (κ3) is 4.52. The number of nitrogens with zero attached hydrogens (tertiary/aromatic N) is 1. The summed E-state index contributed by atoms with van der Waals surface area (Å²) in [6.45, 7) is 4.20. The van der Waals surface area contributed by atoms with Crippen molar-refractivity contribution < 1.29 is 8.42 Å². The smallest absolute Gasteiger partial charge is 0.261 e. The van der Waals surface area contributed by atoms with Gasteiger partial charge in [-0.15, -0.1) is 0 Å². The molecule has 0 saturated carbocycles. The average Bonchev–Trinajstić information content (AvgIpc) is 2.60. The molecule has 0 radical (unpaired) electrons. The van der Waals surface area contributed by atoms with E-state index in [0.717, 1.165) is 37.2 Å². The molecule has 5 nitrogen and oxygen atoms in total. The molecule has 1 aliphatic heterocycles. The highest BCUT2D eigenvalue weighted by Gasteiger charge is 2.18. The van der Waals surface area contributed by atoms with E-state index in [2.05, 4.69) is 22.0 Å². The number of benzene rings is 2. The van der Waals surface area contributed by atoms with Gasteiger partial charge >= 0.3 is 0 Å². The predicted molar refractivity (Wildman–Crippen MR) is 103 cm³/mol. The first-order valence-corrected chi connectivity index (χ1v) is 10.1. The highest BCUT2D eigenvalue weighted by Crippen LogP contribution is 2.25. The fourth-order valence-corrected chi connectivity index (χ4v) is 4.10. The van der Waals surface area contributed by atoms with E-state index in [-0.39, 0.29) is 4.90 Å². The number of nitrogens with one attached hydrogen (secondary N) is 2. The highest BCUT2D eigenvalue weighted by molar-refractivity contribution is 7.92. The second kappa shape index (κ2) is 7.45. The molecular formula is C19H25N3O2S. The zero-order chi connectivity index (χ0) is 17.9. The van der Waals surface area contributed by atoms with E-state index in [1.165, 1.54) is 0 Å². The van der Waals surface area contributed by atoms with Crippen LogP contribution < -0.4 is 10.0 Å². The number of rotatable bonds is 5. The van der Waals surface area contributed by atoms with Gasteiger partial charge in [-0.25, -0.2) is 8.42 Å². The number of hydrogen-bond acceptors (Lipinski definition) is 4. The second-order valence-corrected chi connectivity index (χ2v) is 8.35. The van der Waals surface area contributed by atoms with Gasteiger partial charge in [0.05, 0.1) is 10.6 Å². The molecule has 2 aromatic carbocycles. The predicted octanol–water partition coefficient (Wildman–Crippen LogP) is 3.30. The van der Waals surface area contributed by atoms with Gasteiger partial charge < -0.3 is 10.2 Å². The lowest BCUT2D eigenvalue weighted by molar-refractivity contribution is 0.264. The van der Waals surface area contributed by atoms with Crippen LogP contribution in [-0.2, 0) is 10.0 Å². The van der Waals surface area contributed by atoms with Crippen molar-refractivity contribution in [2.75, 3.05) is 30.2 Å². The van der Waals surface area contributed by atoms with Crippen LogP contribution in [0.25, 0.3) is 0 Å². The molecule has 0 atom stereocenters. The summed E-state index contributed by atoms with van der Waals surface area (Å²) in [5, 5.41) is 3.57. The van der Waals surface area contributed by atoms with Crippen molar-refractivity contribution in [2.24, 2.45) is 0 Å². The zero-order valence-electron chi connectivity index (χ0n) is 14.7. The Morgan fingerprint density at radius 3 is 2.40 bits per heavy atom. The van der Waals surface area contributed by atoms with Gasteiger partial charge in [0.2, 0.25) is 0 Å². The number of likely N-dealkylation sites (tertiary alicyclic amines) is 1. The molecule has 1 heterocycles. The first kappa shape index (κ1) is 17.8.